The van der Waals surface area contributed by atoms with Crippen molar-refractivity contribution in [3.63, 3.8) is 0 Å². The van der Waals surface area contributed by atoms with Crippen molar-refractivity contribution < 1.29 is 4.74 Å². The Hall–Kier alpha value is -2.64. The van der Waals surface area contributed by atoms with E-state index in [4.69, 9.17) is 4.74 Å². The quantitative estimate of drug-likeness (QED) is 0.566. The Morgan fingerprint density at radius 1 is 0.963 bits per heavy atom. The van der Waals surface area contributed by atoms with Crippen LogP contribution in [0.15, 0.2) is 48.8 Å². The molecule has 1 fully saturated rings. The summed E-state index contributed by atoms with van der Waals surface area (Å²) < 4.78 is 7.25. The van der Waals surface area contributed by atoms with Crippen LogP contribution in [-0.4, -0.2) is 27.8 Å². The van der Waals surface area contributed by atoms with Crippen molar-refractivity contribution in [3.05, 3.63) is 65.6 Å². The zero-order valence-electron chi connectivity index (χ0n) is 16.8. The van der Waals surface area contributed by atoms with E-state index >= 15 is 0 Å². The van der Waals surface area contributed by atoms with Crippen LogP contribution in [0.3, 0.4) is 0 Å². The Balaban J connectivity index is 0.000000614. The van der Waals surface area contributed by atoms with Gasteiger partial charge in [-0.15, -0.1) is 0 Å². The van der Waals surface area contributed by atoms with Crippen LogP contribution in [-0.2, 0) is 4.74 Å². The molecule has 1 aliphatic rings. The second-order valence-electron chi connectivity index (χ2n) is 5.72. The maximum Gasteiger partial charge on any atom is 0.155 e. The Labute approximate surface area is 162 Å². The van der Waals surface area contributed by atoms with Crippen molar-refractivity contribution in [3.8, 4) is 11.8 Å². The minimum atomic E-state index is 0.476. The highest BCUT2D eigenvalue weighted by atomic mass is 16.5. The monoisotopic (exact) mass is 363 g/mol. The minimum Gasteiger partial charge on any atom is -0.381 e. The van der Waals surface area contributed by atoms with Gasteiger partial charge in [-0.2, -0.15) is 5.10 Å². The number of hydrogen-bond donors (Lipinski definition) is 0. The summed E-state index contributed by atoms with van der Waals surface area (Å²) in [7, 11) is 0. The molecule has 4 rings (SSSR count). The van der Waals surface area contributed by atoms with Gasteiger partial charge in [0.25, 0.3) is 0 Å². The van der Waals surface area contributed by atoms with Gasteiger partial charge < -0.3 is 4.74 Å². The molecule has 1 aromatic carbocycles. The lowest BCUT2D eigenvalue weighted by Gasteiger charge is -2.19. The number of nitrogens with zero attached hydrogens (tertiary/aromatic N) is 3. The molecule has 1 saturated heterocycles. The van der Waals surface area contributed by atoms with Gasteiger partial charge in [0.1, 0.15) is 0 Å². The average molecular weight is 364 g/mol. The molecular weight excluding hydrogens is 334 g/mol. The molecule has 0 atom stereocenters. The zero-order valence-corrected chi connectivity index (χ0v) is 16.8. The molecule has 0 unspecified atom stereocenters. The maximum absolute atomic E-state index is 5.42. The summed E-state index contributed by atoms with van der Waals surface area (Å²) in [5, 5.41) is 4.68. The normalized spacial score (nSPS) is 13.5. The molecule has 3 aromatic rings. The van der Waals surface area contributed by atoms with Crippen LogP contribution in [0, 0.1) is 11.8 Å². The van der Waals surface area contributed by atoms with Gasteiger partial charge in [-0.1, -0.05) is 57.7 Å². The Kier molecular flexibility index (Phi) is 8.54. The number of rotatable bonds is 1. The number of aromatic nitrogens is 3. The van der Waals surface area contributed by atoms with E-state index in [-0.39, 0.29) is 0 Å². The molecule has 4 heteroatoms. The van der Waals surface area contributed by atoms with E-state index in [0.717, 1.165) is 48.5 Å². The van der Waals surface area contributed by atoms with E-state index in [0.29, 0.717) is 5.92 Å². The van der Waals surface area contributed by atoms with Crippen molar-refractivity contribution in [2.24, 2.45) is 0 Å². The topological polar surface area (TPSA) is 39.4 Å². The van der Waals surface area contributed by atoms with Crippen molar-refractivity contribution in [1.82, 2.24) is 14.6 Å². The van der Waals surface area contributed by atoms with Gasteiger partial charge in [0.05, 0.1) is 11.3 Å². The molecule has 4 nitrogen and oxygen atoms in total. The molecule has 3 heterocycles. The minimum absolute atomic E-state index is 0.476. The second-order valence-corrected chi connectivity index (χ2v) is 5.72. The van der Waals surface area contributed by atoms with E-state index in [2.05, 4.69) is 28.0 Å². The highest BCUT2D eigenvalue weighted by Crippen LogP contribution is 2.26. The largest absolute Gasteiger partial charge is 0.381 e. The second kappa shape index (κ2) is 11.2. The Morgan fingerprint density at radius 3 is 2.33 bits per heavy atom. The lowest BCUT2D eigenvalue weighted by atomic mass is 9.97. The van der Waals surface area contributed by atoms with Gasteiger partial charge in [0.15, 0.2) is 5.65 Å². The molecule has 27 heavy (non-hydrogen) atoms. The first-order chi connectivity index (χ1) is 13.4. The van der Waals surface area contributed by atoms with E-state index in [1.807, 2.05) is 68.7 Å². The molecular formula is C23H29N3O. The van der Waals surface area contributed by atoms with E-state index in [9.17, 15) is 0 Å². The highest BCUT2D eigenvalue weighted by molar-refractivity contribution is 5.45. The summed E-state index contributed by atoms with van der Waals surface area (Å²) in [6, 6.07) is 12.0. The fourth-order valence-electron chi connectivity index (χ4n) is 2.82. The number of benzene rings is 1. The summed E-state index contributed by atoms with van der Waals surface area (Å²) in [6.07, 6.45) is 5.82. The summed E-state index contributed by atoms with van der Waals surface area (Å²) in [4.78, 5) is 4.48. The number of ether oxygens (including phenoxy) is 1. The Morgan fingerprint density at radius 2 is 1.63 bits per heavy atom. The smallest absolute Gasteiger partial charge is 0.155 e. The molecule has 0 N–H and O–H groups in total. The summed E-state index contributed by atoms with van der Waals surface area (Å²) in [6.45, 7) is 9.64. The average Bonchev–Trinajstić information content (AvgIpc) is 3.20. The van der Waals surface area contributed by atoms with Gasteiger partial charge in [-0.3, -0.25) is 0 Å². The molecule has 142 valence electrons. The fourth-order valence-corrected chi connectivity index (χ4v) is 2.82. The number of fused-ring (bicyclic) bond motifs is 1. The first-order valence-electron chi connectivity index (χ1n) is 9.89. The van der Waals surface area contributed by atoms with E-state index in [1.165, 1.54) is 0 Å². The van der Waals surface area contributed by atoms with Crippen molar-refractivity contribution >= 4 is 5.65 Å². The van der Waals surface area contributed by atoms with Gasteiger partial charge in [0.2, 0.25) is 0 Å². The zero-order chi connectivity index (χ0) is 19.5. The van der Waals surface area contributed by atoms with Crippen molar-refractivity contribution in [2.75, 3.05) is 13.2 Å². The molecule has 0 bridgehead atoms. The van der Waals surface area contributed by atoms with Crippen LogP contribution in [0.4, 0.5) is 0 Å². The lowest BCUT2D eigenvalue weighted by molar-refractivity contribution is 0.0844. The summed E-state index contributed by atoms with van der Waals surface area (Å²) >= 11 is 0. The van der Waals surface area contributed by atoms with Crippen LogP contribution >= 0.6 is 0 Å². The third kappa shape index (κ3) is 5.67. The summed E-state index contributed by atoms with van der Waals surface area (Å²) in [5.41, 5.74) is 3.84. The molecule has 0 saturated carbocycles. The highest BCUT2D eigenvalue weighted by Gasteiger charge is 2.19. The first kappa shape index (κ1) is 20.7. The Bertz CT molecular complexity index is 869. The van der Waals surface area contributed by atoms with Gasteiger partial charge in [-0.25, -0.2) is 9.50 Å². The first-order valence-corrected chi connectivity index (χ1v) is 9.89. The molecule has 0 spiro atoms. The van der Waals surface area contributed by atoms with Gasteiger partial charge in [-0.05, 0) is 25.0 Å². The fraction of sp³-hybridized carbons (Fsp3) is 0.391. The standard InChI is InChI=1S/C19H17N3O.2C2H6/c1-2-4-15(5-3-1)6-7-16-13-20-19-12-18(21-22(19)14-16)17-8-10-23-11-9-17;2*1-2/h1-5,12-14,17H,8-11H2;2*1-2H3. The third-order valence-electron chi connectivity index (χ3n) is 4.10. The molecule has 0 amide bonds. The van der Waals surface area contributed by atoms with Crippen LogP contribution in [0.25, 0.3) is 5.65 Å². The molecule has 0 aliphatic carbocycles. The van der Waals surface area contributed by atoms with Crippen molar-refractivity contribution in [1.29, 1.82) is 0 Å². The van der Waals surface area contributed by atoms with E-state index < -0.39 is 0 Å². The van der Waals surface area contributed by atoms with E-state index in [1.54, 1.807) is 6.20 Å². The molecule has 2 aromatic heterocycles. The van der Waals surface area contributed by atoms with Crippen LogP contribution in [0.5, 0.6) is 0 Å². The lowest BCUT2D eigenvalue weighted by Crippen LogP contribution is -2.14. The molecule has 0 radical (unpaired) electrons. The SMILES string of the molecule is C(#Cc1cnc2cc(C3CCOCC3)nn2c1)c1ccccc1.CC.CC. The van der Waals surface area contributed by atoms with Crippen LogP contribution < -0.4 is 0 Å². The predicted octanol–water partition coefficient (Wildman–Crippen LogP) is 5.08. The maximum atomic E-state index is 5.42. The third-order valence-corrected chi connectivity index (χ3v) is 4.10. The van der Waals surface area contributed by atoms with Crippen LogP contribution in [0.1, 0.15) is 63.3 Å². The summed E-state index contributed by atoms with van der Waals surface area (Å²) in [5.74, 6) is 6.77. The molecule has 1 aliphatic heterocycles. The van der Waals surface area contributed by atoms with Gasteiger partial charge in [0, 0.05) is 43.2 Å². The predicted molar refractivity (Wildman–Crippen MR) is 111 cm³/mol. The van der Waals surface area contributed by atoms with Gasteiger partial charge >= 0.3 is 0 Å². The van der Waals surface area contributed by atoms with Crippen molar-refractivity contribution in [2.45, 2.75) is 46.5 Å². The number of hydrogen-bond acceptors (Lipinski definition) is 3. The van der Waals surface area contributed by atoms with Crippen LogP contribution in [0.2, 0.25) is 0 Å².